The number of aryl methyl sites for hydroxylation is 1. The van der Waals surface area contributed by atoms with Gasteiger partial charge in [0.15, 0.2) is 5.13 Å². The Morgan fingerprint density at radius 2 is 1.89 bits per heavy atom. The van der Waals surface area contributed by atoms with Crippen molar-refractivity contribution in [3.63, 3.8) is 0 Å². The molecule has 2 aromatic rings. The zero-order valence-electron chi connectivity index (χ0n) is 15.7. The van der Waals surface area contributed by atoms with Crippen molar-refractivity contribution in [3.05, 3.63) is 46.2 Å². The summed E-state index contributed by atoms with van der Waals surface area (Å²) in [6.45, 7) is 7.78. The van der Waals surface area contributed by atoms with Gasteiger partial charge in [-0.15, -0.1) is 11.3 Å². The molecule has 1 aromatic heterocycles. The second-order valence-corrected chi connectivity index (χ2v) is 8.18. The van der Waals surface area contributed by atoms with Gasteiger partial charge in [0.25, 0.3) is 5.91 Å². The second kappa shape index (κ2) is 7.94. The van der Waals surface area contributed by atoms with Gasteiger partial charge in [0, 0.05) is 43.7 Å². The molecule has 5 nitrogen and oxygen atoms in total. The van der Waals surface area contributed by atoms with Crippen molar-refractivity contribution in [2.24, 2.45) is 0 Å². The van der Waals surface area contributed by atoms with Gasteiger partial charge in [0.2, 0.25) is 0 Å². The molecule has 1 amide bonds. The lowest BCUT2D eigenvalue weighted by Crippen LogP contribution is -2.48. The summed E-state index contributed by atoms with van der Waals surface area (Å²) in [7, 11) is 0. The van der Waals surface area contributed by atoms with Gasteiger partial charge in [0.1, 0.15) is 5.82 Å². The van der Waals surface area contributed by atoms with Crippen LogP contribution in [-0.4, -0.2) is 60.0 Å². The third-order valence-corrected chi connectivity index (χ3v) is 6.33. The lowest BCUT2D eigenvalue weighted by atomic mass is 10.1. The van der Waals surface area contributed by atoms with Gasteiger partial charge >= 0.3 is 0 Å². The van der Waals surface area contributed by atoms with E-state index in [1.165, 1.54) is 32.0 Å². The van der Waals surface area contributed by atoms with Crippen molar-refractivity contribution in [3.8, 4) is 0 Å². The van der Waals surface area contributed by atoms with Gasteiger partial charge in [-0.2, -0.15) is 0 Å². The van der Waals surface area contributed by atoms with Gasteiger partial charge in [0.05, 0.1) is 5.69 Å². The van der Waals surface area contributed by atoms with Gasteiger partial charge in [-0.05, 0) is 50.6 Å². The fourth-order valence-electron chi connectivity index (χ4n) is 3.69. The van der Waals surface area contributed by atoms with Crippen LogP contribution in [0.3, 0.4) is 0 Å². The van der Waals surface area contributed by atoms with E-state index in [-0.39, 0.29) is 11.7 Å². The van der Waals surface area contributed by atoms with Crippen LogP contribution in [0.15, 0.2) is 23.6 Å². The van der Waals surface area contributed by atoms with Gasteiger partial charge in [-0.3, -0.25) is 9.69 Å². The molecule has 7 heteroatoms. The third kappa shape index (κ3) is 4.14. The van der Waals surface area contributed by atoms with Crippen LogP contribution >= 0.6 is 11.3 Å². The Bertz CT molecular complexity index is 810. The summed E-state index contributed by atoms with van der Waals surface area (Å²) < 4.78 is 13.7. The number of piperazine rings is 1. The van der Waals surface area contributed by atoms with Crippen molar-refractivity contribution in [2.75, 3.05) is 44.2 Å². The zero-order valence-corrected chi connectivity index (χ0v) is 16.5. The molecule has 4 rings (SSSR count). The number of nitrogens with zero attached hydrogens (tertiary/aromatic N) is 4. The summed E-state index contributed by atoms with van der Waals surface area (Å²) >= 11 is 1.68. The van der Waals surface area contributed by atoms with Gasteiger partial charge in [-0.25, -0.2) is 9.37 Å². The van der Waals surface area contributed by atoms with Crippen LogP contribution in [0.5, 0.6) is 0 Å². The molecule has 2 aliphatic rings. The molecule has 0 spiro atoms. The number of hydrogen-bond acceptors (Lipinski definition) is 5. The number of carbonyl (C=O) groups excluding carboxylic acids is 1. The number of carbonyl (C=O) groups is 1. The summed E-state index contributed by atoms with van der Waals surface area (Å²) in [6.07, 6.45) is 2.58. The highest BCUT2D eigenvalue weighted by Crippen LogP contribution is 2.24. The van der Waals surface area contributed by atoms with Crippen LogP contribution in [0, 0.1) is 12.7 Å². The van der Waals surface area contributed by atoms with E-state index >= 15 is 0 Å². The highest BCUT2D eigenvalue weighted by Gasteiger charge is 2.24. The number of anilines is 1. The molecule has 1 aromatic carbocycles. The Morgan fingerprint density at radius 1 is 1.15 bits per heavy atom. The number of aromatic nitrogens is 1. The maximum Gasteiger partial charge on any atom is 0.254 e. The van der Waals surface area contributed by atoms with Gasteiger partial charge < -0.3 is 9.80 Å². The van der Waals surface area contributed by atoms with Crippen LogP contribution in [0.25, 0.3) is 0 Å². The van der Waals surface area contributed by atoms with E-state index in [1.54, 1.807) is 35.3 Å². The van der Waals surface area contributed by atoms with E-state index in [0.717, 1.165) is 30.5 Å². The number of amides is 1. The number of thiazole rings is 1. The number of likely N-dealkylation sites (tertiary alicyclic amines) is 1. The summed E-state index contributed by atoms with van der Waals surface area (Å²) in [5, 5.41) is 3.19. The topological polar surface area (TPSA) is 39.7 Å². The predicted octanol–water partition coefficient (Wildman–Crippen LogP) is 3.15. The normalized spacial score (nSPS) is 18.3. The first-order valence-corrected chi connectivity index (χ1v) is 10.5. The highest BCUT2D eigenvalue weighted by atomic mass is 32.1. The number of benzene rings is 1. The minimum Gasteiger partial charge on any atom is -0.345 e. The Morgan fingerprint density at radius 3 is 2.59 bits per heavy atom. The molecule has 0 atom stereocenters. The van der Waals surface area contributed by atoms with Crippen LogP contribution in [0.1, 0.15) is 34.5 Å². The van der Waals surface area contributed by atoms with Crippen LogP contribution in [0.4, 0.5) is 9.52 Å². The monoisotopic (exact) mass is 388 g/mol. The number of hydrogen-bond donors (Lipinski definition) is 0. The van der Waals surface area contributed by atoms with Crippen LogP contribution in [0.2, 0.25) is 0 Å². The molecule has 2 fully saturated rings. The molecule has 0 N–H and O–H groups in total. The Balaban J connectivity index is 1.33. The smallest absolute Gasteiger partial charge is 0.254 e. The van der Waals surface area contributed by atoms with Crippen LogP contribution in [-0.2, 0) is 6.54 Å². The molecule has 3 heterocycles. The average Bonchev–Trinajstić information content (AvgIpc) is 3.36. The summed E-state index contributed by atoms with van der Waals surface area (Å²) in [4.78, 5) is 23.9. The number of rotatable bonds is 4. The fraction of sp³-hybridized carbons (Fsp3) is 0.500. The zero-order chi connectivity index (χ0) is 18.8. The van der Waals surface area contributed by atoms with Crippen molar-refractivity contribution in [1.29, 1.82) is 0 Å². The first kappa shape index (κ1) is 18.4. The first-order chi connectivity index (χ1) is 13.1. The quantitative estimate of drug-likeness (QED) is 0.807. The molecule has 0 bridgehead atoms. The SMILES string of the molecule is Cc1ccc(C(=O)N2CCN(c3nc(CN4CCCC4)cs3)CC2)cc1F. The van der Waals surface area contributed by atoms with E-state index in [0.29, 0.717) is 24.2 Å². The molecule has 0 aliphatic carbocycles. The first-order valence-electron chi connectivity index (χ1n) is 9.57. The molecule has 0 unspecified atom stereocenters. The molecular formula is C20H25FN4OS. The maximum absolute atomic E-state index is 13.7. The van der Waals surface area contributed by atoms with Gasteiger partial charge in [-0.1, -0.05) is 6.07 Å². The van der Waals surface area contributed by atoms with E-state index in [4.69, 9.17) is 4.98 Å². The molecular weight excluding hydrogens is 363 g/mol. The lowest BCUT2D eigenvalue weighted by Gasteiger charge is -2.34. The molecule has 2 aliphatic heterocycles. The van der Waals surface area contributed by atoms with Crippen molar-refractivity contribution in [1.82, 2.24) is 14.8 Å². The minimum atomic E-state index is -0.326. The Labute approximate surface area is 163 Å². The van der Waals surface area contributed by atoms with Crippen molar-refractivity contribution < 1.29 is 9.18 Å². The molecule has 0 radical (unpaired) electrons. The lowest BCUT2D eigenvalue weighted by molar-refractivity contribution is 0.0746. The number of halogens is 1. The minimum absolute atomic E-state index is 0.0950. The average molecular weight is 389 g/mol. The van der Waals surface area contributed by atoms with Crippen molar-refractivity contribution in [2.45, 2.75) is 26.3 Å². The van der Waals surface area contributed by atoms with E-state index in [9.17, 15) is 9.18 Å². The summed E-state index contributed by atoms with van der Waals surface area (Å²) in [5.41, 5.74) is 2.13. The van der Waals surface area contributed by atoms with Crippen LogP contribution < -0.4 is 4.90 Å². The van der Waals surface area contributed by atoms with Crippen molar-refractivity contribution >= 4 is 22.4 Å². The fourth-order valence-corrected chi connectivity index (χ4v) is 4.56. The summed E-state index contributed by atoms with van der Waals surface area (Å²) in [6, 6.07) is 4.71. The Hall–Kier alpha value is -1.99. The molecule has 0 saturated carbocycles. The third-order valence-electron chi connectivity index (χ3n) is 5.38. The predicted molar refractivity (Wildman–Crippen MR) is 106 cm³/mol. The second-order valence-electron chi connectivity index (χ2n) is 7.35. The van der Waals surface area contributed by atoms with E-state index in [2.05, 4.69) is 15.2 Å². The standard InChI is InChI=1S/C20H25FN4OS/c1-15-4-5-16(12-18(15)21)19(26)24-8-10-25(11-9-24)20-22-17(14-27-20)13-23-6-2-3-7-23/h4-5,12,14H,2-3,6-11,13H2,1H3. The Kier molecular flexibility index (Phi) is 5.41. The largest absolute Gasteiger partial charge is 0.345 e. The molecule has 2 saturated heterocycles. The molecule has 27 heavy (non-hydrogen) atoms. The molecule has 144 valence electrons. The summed E-state index contributed by atoms with van der Waals surface area (Å²) in [5.74, 6) is -0.421. The van der Waals surface area contributed by atoms with E-state index in [1.807, 2.05) is 0 Å². The highest BCUT2D eigenvalue weighted by molar-refractivity contribution is 7.13. The maximum atomic E-state index is 13.7. The van der Waals surface area contributed by atoms with E-state index < -0.39 is 0 Å².